The summed E-state index contributed by atoms with van der Waals surface area (Å²) in [6, 6.07) is 14.3. The van der Waals surface area contributed by atoms with Gasteiger partial charge in [0.25, 0.3) is 0 Å². The van der Waals surface area contributed by atoms with Gasteiger partial charge in [-0.15, -0.1) is 0 Å². The summed E-state index contributed by atoms with van der Waals surface area (Å²) < 4.78 is 41.7. The van der Waals surface area contributed by atoms with Gasteiger partial charge in [0.05, 0.1) is 10.9 Å². The van der Waals surface area contributed by atoms with E-state index in [0.717, 1.165) is 19.6 Å². The summed E-state index contributed by atoms with van der Waals surface area (Å²) in [4.78, 5) is 11.3. The van der Waals surface area contributed by atoms with Gasteiger partial charge in [-0.3, -0.25) is 0 Å². The molecule has 2 fully saturated rings. The highest BCUT2D eigenvalue weighted by molar-refractivity contribution is 7.89. The van der Waals surface area contributed by atoms with E-state index in [1.54, 1.807) is 53.0 Å². The number of likely N-dealkylation sites (tertiary alicyclic amines) is 1. The lowest BCUT2D eigenvalue weighted by Crippen LogP contribution is -2.59. The molecule has 0 bridgehead atoms. The first-order chi connectivity index (χ1) is 17.5. The zero-order chi connectivity index (χ0) is 25.0. The minimum absolute atomic E-state index is 0.0137. The Balaban J connectivity index is 1.25. The highest BCUT2D eigenvalue weighted by Gasteiger charge is 2.35. The molecule has 3 heterocycles. The maximum absolute atomic E-state index is 13.5. The second kappa shape index (κ2) is 10.9. The summed E-state index contributed by atoms with van der Waals surface area (Å²) in [5.74, 6) is 0.585. The SMILES string of the molecule is O=S(=O)(c1ccc(Nc2nccc(Nc3ccc(F)cc3)n2)cc1)N(CCN1CCCC1)C1CNC1. The van der Waals surface area contributed by atoms with Crippen LogP contribution < -0.4 is 16.0 Å². The molecule has 3 N–H and O–H groups in total. The summed E-state index contributed by atoms with van der Waals surface area (Å²) in [5.41, 5.74) is 1.37. The molecule has 36 heavy (non-hydrogen) atoms. The minimum Gasteiger partial charge on any atom is -0.340 e. The van der Waals surface area contributed by atoms with Crippen LogP contribution in [0.25, 0.3) is 0 Å². The minimum atomic E-state index is -3.62. The van der Waals surface area contributed by atoms with E-state index in [4.69, 9.17) is 0 Å². The summed E-state index contributed by atoms with van der Waals surface area (Å²) in [6.45, 7) is 4.70. The first-order valence-corrected chi connectivity index (χ1v) is 13.6. The fraction of sp³-hybridized carbons (Fsp3) is 0.360. The molecule has 2 aliphatic heterocycles. The molecule has 9 nitrogen and oxygen atoms in total. The van der Waals surface area contributed by atoms with Crippen molar-refractivity contribution in [1.29, 1.82) is 0 Å². The molecule has 11 heteroatoms. The first-order valence-electron chi connectivity index (χ1n) is 12.1. The van der Waals surface area contributed by atoms with Crippen LogP contribution >= 0.6 is 0 Å². The fourth-order valence-corrected chi connectivity index (χ4v) is 5.98. The van der Waals surface area contributed by atoms with Crippen molar-refractivity contribution in [1.82, 2.24) is 24.5 Å². The van der Waals surface area contributed by atoms with Crippen LogP contribution in [0.4, 0.5) is 27.5 Å². The molecular formula is C25H30FN7O2S. The number of aromatic nitrogens is 2. The second-order valence-electron chi connectivity index (χ2n) is 9.02. The number of sulfonamides is 1. The van der Waals surface area contributed by atoms with Gasteiger partial charge in [0.2, 0.25) is 16.0 Å². The van der Waals surface area contributed by atoms with Crippen molar-refractivity contribution >= 4 is 33.2 Å². The molecule has 0 saturated carbocycles. The maximum Gasteiger partial charge on any atom is 0.243 e. The Bertz CT molecular complexity index is 1260. The van der Waals surface area contributed by atoms with Gasteiger partial charge >= 0.3 is 0 Å². The molecule has 0 spiro atoms. The van der Waals surface area contributed by atoms with E-state index in [0.29, 0.717) is 42.8 Å². The number of hydrogen-bond acceptors (Lipinski definition) is 8. The van der Waals surface area contributed by atoms with Crippen LogP contribution in [0.3, 0.4) is 0 Å². The van der Waals surface area contributed by atoms with Gasteiger partial charge in [-0.05, 0) is 80.5 Å². The van der Waals surface area contributed by atoms with E-state index < -0.39 is 10.0 Å². The molecule has 0 atom stereocenters. The van der Waals surface area contributed by atoms with E-state index in [-0.39, 0.29) is 16.8 Å². The fourth-order valence-electron chi connectivity index (χ4n) is 4.37. The Hall–Kier alpha value is -3.12. The van der Waals surface area contributed by atoms with Crippen LogP contribution in [0.2, 0.25) is 0 Å². The van der Waals surface area contributed by atoms with Crippen molar-refractivity contribution in [3.8, 4) is 0 Å². The van der Waals surface area contributed by atoms with Gasteiger partial charge in [-0.25, -0.2) is 17.8 Å². The predicted octanol–water partition coefficient (Wildman–Crippen LogP) is 3.16. The molecule has 0 amide bonds. The summed E-state index contributed by atoms with van der Waals surface area (Å²) >= 11 is 0. The molecule has 190 valence electrons. The smallest absolute Gasteiger partial charge is 0.243 e. The highest BCUT2D eigenvalue weighted by Crippen LogP contribution is 2.24. The van der Waals surface area contributed by atoms with E-state index in [9.17, 15) is 12.8 Å². The van der Waals surface area contributed by atoms with E-state index >= 15 is 0 Å². The molecule has 2 aliphatic rings. The second-order valence-corrected chi connectivity index (χ2v) is 10.9. The molecule has 0 radical (unpaired) electrons. The van der Waals surface area contributed by atoms with Gasteiger partial charge < -0.3 is 20.9 Å². The first kappa shape index (κ1) is 24.6. The number of hydrogen-bond donors (Lipinski definition) is 3. The Labute approximate surface area is 210 Å². The number of benzene rings is 2. The molecule has 0 aliphatic carbocycles. The van der Waals surface area contributed by atoms with Crippen molar-refractivity contribution in [2.24, 2.45) is 0 Å². The Morgan fingerprint density at radius 3 is 2.31 bits per heavy atom. The number of nitrogens with one attached hydrogen (secondary N) is 3. The number of rotatable bonds is 10. The summed E-state index contributed by atoms with van der Waals surface area (Å²) in [5, 5.41) is 9.39. The van der Waals surface area contributed by atoms with Crippen molar-refractivity contribution in [2.45, 2.75) is 23.8 Å². The van der Waals surface area contributed by atoms with Gasteiger partial charge in [0.15, 0.2) is 0 Å². The predicted molar refractivity (Wildman–Crippen MR) is 138 cm³/mol. The third kappa shape index (κ3) is 5.81. The van der Waals surface area contributed by atoms with Gasteiger partial charge in [-0.2, -0.15) is 9.29 Å². The van der Waals surface area contributed by atoms with Gasteiger partial charge in [-0.1, -0.05) is 0 Å². The van der Waals surface area contributed by atoms with Gasteiger partial charge in [0, 0.05) is 43.8 Å². The zero-order valence-electron chi connectivity index (χ0n) is 19.9. The molecule has 2 aromatic carbocycles. The molecule has 5 rings (SSSR count). The number of halogens is 1. The van der Waals surface area contributed by atoms with Crippen LogP contribution in [0.1, 0.15) is 12.8 Å². The lowest BCUT2D eigenvalue weighted by molar-refractivity contribution is 0.213. The topological polar surface area (TPSA) is 102 Å². The molecular weight excluding hydrogens is 481 g/mol. The Morgan fingerprint density at radius 2 is 1.64 bits per heavy atom. The van der Waals surface area contributed by atoms with Crippen molar-refractivity contribution < 1.29 is 12.8 Å². The van der Waals surface area contributed by atoms with Crippen LogP contribution in [-0.4, -0.2) is 72.9 Å². The maximum atomic E-state index is 13.5. The van der Waals surface area contributed by atoms with Crippen LogP contribution in [0.5, 0.6) is 0 Å². The van der Waals surface area contributed by atoms with Gasteiger partial charge in [0.1, 0.15) is 11.6 Å². The lowest BCUT2D eigenvalue weighted by Gasteiger charge is -2.38. The monoisotopic (exact) mass is 511 g/mol. The molecule has 3 aromatic rings. The Kier molecular flexibility index (Phi) is 7.42. The van der Waals surface area contributed by atoms with E-state index in [1.807, 2.05) is 0 Å². The van der Waals surface area contributed by atoms with Crippen LogP contribution in [-0.2, 0) is 10.0 Å². The van der Waals surface area contributed by atoms with Crippen LogP contribution in [0.15, 0.2) is 65.7 Å². The van der Waals surface area contributed by atoms with Crippen LogP contribution in [0, 0.1) is 5.82 Å². The standard InChI is InChI=1S/C25H30FN7O2S/c26-19-3-5-20(6-4-19)29-24-11-12-28-25(31-24)30-21-7-9-23(10-8-21)36(34,35)33(22-17-27-18-22)16-15-32-13-1-2-14-32/h3-12,22,27H,1-2,13-18H2,(H2,28,29,30,31). The quantitative estimate of drug-likeness (QED) is 0.382. The lowest BCUT2D eigenvalue weighted by atomic mass is 10.2. The highest BCUT2D eigenvalue weighted by atomic mass is 32.2. The van der Waals surface area contributed by atoms with E-state index in [1.165, 1.54) is 25.0 Å². The summed E-state index contributed by atoms with van der Waals surface area (Å²) in [7, 11) is -3.62. The molecule has 0 unspecified atom stereocenters. The number of nitrogens with zero attached hydrogens (tertiary/aromatic N) is 4. The average Bonchev–Trinajstić information content (AvgIpc) is 3.36. The molecule has 1 aromatic heterocycles. The zero-order valence-corrected chi connectivity index (χ0v) is 20.7. The summed E-state index contributed by atoms with van der Waals surface area (Å²) in [6.07, 6.45) is 3.97. The normalized spacial score (nSPS) is 16.7. The largest absolute Gasteiger partial charge is 0.340 e. The average molecular weight is 512 g/mol. The van der Waals surface area contributed by atoms with Crippen molar-refractivity contribution in [2.75, 3.05) is 49.9 Å². The third-order valence-corrected chi connectivity index (χ3v) is 8.46. The van der Waals surface area contributed by atoms with Crippen molar-refractivity contribution in [3.05, 3.63) is 66.6 Å². The number of anilines is 4. The molecule has 2 saturated heterocycles. The third-order valence-electron chi connectivity index (χ3n) is 6.49. The van der Waals surface area contributed by atoms with E-state index in [2.05, 4.69) is 30.8 Å². The van der Waals surface area contributed by atoms with Crippen molar-refractivity contribution in [3.63, 3.8) is 0 Å². The Morgan fingerprint density at radius 1 is 0.972 bits per heavy atom.